The van der Waals surface area contributed by atoms with Crippen LogP contribution in [0.2, 0.25) is 18.1 Å². The molecule has 1 saturated heterocycles. The second-order valence-corrected chi connectivity index (χ2v) is 14.1. The highest BCUT2D eigenvalue weighted by atomic mass is 28.4. The van der Waals surface area contributed by atoms with Gasteiger partial charge < -0.3 is 9.74 Å². The van der Waals surface area contributed by atoms with Gasteiger partial charge >= 0.3 is 0 Å². The number of hydrogen-bond acceptors (Lipinski definition) is 3. The first-order valence-corrected chi connectivity index (χ1v) is 13.0. The number of benzene rings is 2. The lowest BCUT2D eigenvalue weighted by atomic mass is 9.93. The highest BCUT2D eigenvalue weighted by Crippen LogP contribution is 2.38. The van der Waals surface area contributed by atoms with Crippen LogP contribution >= 0.6 is 0 Å². The summed E-state index contributed by atoms with van der Waals surface area (Å²) in [6, 6.07) is 13.5. The van der Waals surface area contributed by atoms with E-state index in [1.165, 1.54) is 0 Å². The molecule has 150 valence electrons. The molecule has 1 N–H and O–H groups in total. The van der Waals surface area contributed by atoms with E-state index in [4.69, 9.17) is 4.43 Å². The van der Waals surface area contributed by atoms with Crippen molar-refractivity contribution >= 4 is 30.8 Å². The van der Waals surface area contributed by atoms with Gasteiger partial charge in [-0.05, 0) is 41.4 Å². The summed E-state index contributed by atoms with van der Waals surface area (Å²) < 4.78 is 6.58. The summed E-state index contributed by atoms with van der Waals surface area (Å²) in [5.41, 5.74) is 0.685. The van der Waals surface area contributed by atoms with E-state index in [-0.39, 0.29) is 35.3 Å². The third-order valence-corrected chi connectivity index (χ3v) is 10.7. The third kappa shape index (κ3) is 4.53. The molecule has 0 spiro atoms. The van der Waals surface area contributed by atoms with Crippen LogP contribution < -0.4 is 5.32 Å². The first-order chi connectivity index (χ1) is 13.1. The molecule has 1 aliphatic rings. The van der Waals surface area contributed by atoms with Crippen LogP contribution in [0, 0.1) is 0 Å². The lowest BCUT2D eigenvalue weighted by Gasteiger charge is -2.43. The topological polar surface area (TPSA) is 55.4 Å². The van der Waals surface area contributed by atoms with Crippen LogP contribution in [0.4, 0.5) is 0 Å². The summed E-state index contributed by atoms with van der Waals surface area (Å²) in [7, 11) is -1.99. The summed E-state index contributed by atoms with van der Waals surface area (Å²) in [6.45, 7) is 11.0. The van der Waals surface area contributed by atoms with E-state index >= 15 is 0 Å². The number of piperidine rings is 1. The van der Waals surface area contributed by atoms with Crippen molar-refractivity contribution < 1.29 is 14.0 Å². The van der Waals surface area contributed by atoms with Crippen LogP contribution in [0.3, 0.4) is 0 Å². The van der Waals surface area contributed by atoms with E-state index in [1.54, 1.807) is 0 Å². The predicted octanol–water partition coefficient (Wildman–Crippen LogP) is 5.08. The van der Waals surface area contributed by atoms with Gasteiger partial charge in [0.25, 0.3) is 0 Å². The van der Waals surface area contributed by atoms with Gasteiger partial charge in [0.1, 0.15) is 0 Å². The van der Waals surface area contributed by atoms with Gasteiger partial charge in [-0.15, -0.1) is 0 Å². The molecule has 28 heavy (non-hydrogen) atoms. The third-order valence-electron chi connectivity index (χ3n) is 6.18. The fourth-order valence-corrected chi connectivity index (χ4v) is 4.80. The molecule has 1 heterocycles. The second-order valence-electron chi connectivity index (χ2n) is 9.32. The van der Waals surface area contributed by atoms with Crippen molar-refractivity contribution in [2.45, 2.75) is 70.3 Å². The van der Waals surface area contributed by atoms with Crippen LogP contribution in [0.5, 0.6) is 0 Å². The average Bonchev–Trinajstić information content (AvgIpc) is 2.62. The molecule has 4 nitrogen and oxygen atoms in total. The maximum Gasteiger partial charge on any atom is 0.220 e. The number of amides is 1. The number of rotatable bonds is 5. The van der Waals surface area contributed by atoms with E-state index in [0.29, 0.717) is 18.4 Å². The molecule has 0 saturated carbocycles. The zero-order chi connectivity index (χ0) is 20.5. The van der Waals surface area contributed by atoms with Crippen molar-refractivity contribution in [2.75, 3.05) is 0 Å². The van der Waals surface area contributed by atoms with Crippen molar-refractivity contribution in [3.05, 3.63) is 48.0 Å². The van der Waals surface area contributed by atoms with Gasteiger partial charge in [-0.3, -0.25) is 9.59 Å². The van der Waals surface area contributed by atoms with Gasteiger partial charge in [-0.2, -0.15) is 0 Å². The minimum atomic E-state index is -1.99. The molecular formula is C23H31NO3Si. The normalized spacial score (nSPS) is 20.8. The van der Waals surface area contributed by atoms with E-state index in [1.807, 2.05) is 42.5 Å². The molecule has 1 aliphatic heterocycles. The van der Waals surface area contributed by atoms with Gasteiger partial charge in [0, 0.05) is 18.4 Å². The zero-order valence-electron chi connectivity index (χ0n) is 17.5. The van der Waals surface area contributed by atoms with Gasteiger partial charge in [0.15, 0.2) is 14.1 Å². The first-order valence-electron chi connectivity index (χ1n) is 10.1. The van der Waals surface area contributed by atoms with Crippen LogP contribution in [0.1, 0.15) is 50.4 Å². The molecule has 2 aromatic carbocycles. The van der Waals surface area contributed by atoms with Crippen molar-refractivity contribution in [3.8, 4) is 0 Å². The number of fused-ring (bicyclic) bond motifs is 1. The molecule has 0 unspecified atom stereocenters. The maximum atomic E-state index is 13.0. The molecule has 1 amide bonds. The summed E-state index contributed by atoms with van der Waals surface area (Å²) in [6.07, 6.45) is 1.29. The minimum absolute atomic E-state index is 0.00592. The fourth-order valence-electron chi connectivity index (χ4n) is 3.41. The molecule has 0 bridgehead atoms. The van der Waals surface area contributed by atoms with Crippen LogP contribution in [-0.2, 0) is 9.22 Å². The SMILES string of the molecule is CC(C)(C)[Si](C)(C)O[C@@H]1CCC(=O)N[C@H]1CC(=O)c1ccc2ccccc2c1. The highest BCUT2D eigenvalue weighted by molar-refractivity contribution is 6.74. The quantitative estimate of drug-likeness (QED) is 0.565. The summed E-state index contributed by atoms with van der Waals surface area (Å²) >= 11 is 0. The van der Waals surface area contributed by atoms with E-state index in [2.05, 4.69) is 39.2 Å². The van der Waals surface area contributed by atoms with Crippen LogP contribution in [0.15, 0.2) is 42.5 Å². The number of Topliss-reactive ketones (excluding diaryl/α,β-unsaturated/α-hetero) is 1. The predicted molar refractivity (Wildman–Crippen MR) is 116 cm³/mol. The monoisotopic (exact) mass is 397 g/mol. The summed E-state index contributed by atoms with van der Waals surface area (Å²) in [5.74, 6) is 0.0492. The number of carbonyl (C=O) groups is 2. The Morgan fingerprint density at radius 2 is 1.82 bits per heavy atom. The Hall–Kier alpha value is -1.98. The zero-order valence-corrected chi connectivity index (χ0v) is 18.5. The molecule has 2 atom stereocenters. The van der Waals surface area contributed by atoms with Gasteiger partial charge in [0.05, 0.1) is 12.1 Å². The molecule has 1 fully saturated rings. The lowest BCUT2D eigenvalue weighted by Crippen LogP contribution is -2.55. The molecule has 0 radical (unpaired) electrons. The number of ketones is 1. The Labute approximate surface area is 168 Å². The highest BCUT2D eigenvalue weighted by Gasteiger charge is 2.42. The first kappa shape index (κ1) is 20.7. The lowest BCUT2D eigenvalue weighted by molar-refractivity contribution is -0.125. The smallest absolute Gasteiger partial charge is 0.220 e. The summed E-state index contributed by atoms with van der Waals surface area (Å²) in [5, 5.41) is 5.27. The molecule has 3 rings (SSSR count). The maximum absolute atomic E-state index is 13.0. The Morgan fingerprint density at radius 1 is 1.14 bits per heavy atom. The molecule has 2 aromatic rings. The average molecular weight is 398 g/mol. The molecule has 0 aliphatic carbocycles. The van der Waals surface area contributed by atoms with Crippen molar-refractivity contribution in [2.24, 2.45) is 0 Å². The number of hydrogen-bond donors (Lipinski definition) is 1. The van der Waals surface area contributed by atoms with Crippen molar-refractivity contribution in [1.29, 1.82) is 0 Å². The van der Waals surface area contributed by atoms with Crippen LogP contribution in [0.25, 0.3) is 10.8 Å². The molecule has 0 aromatic heterocycles. The number of carbonyl (C=O) groups excluding carboxylic acids is 2. The number of nitrogens with one attached hydrogen (secondary N) is 1. The van der Waals surface area contributed by atoms with E-state index in [0.717, 1.165) is 10.8 Å². The Kier molecular flexibility index (Phi) is 5.78. The fraction of sp³-hybridized carbons (Fsp3) is 0.478. The molecule has 5 heteroatoms. The van der Waals surface area contributed by atoms with Gasteiger partial charge in [0.2, 0.25) is 5.91 Å². The minimum Gasteiger partial charge on any atom is -0.412 e. The Bertz CT molecular complexity index is 885. The summed E-state index contributed by atoms with van der Waals surface area (Å²) in [4.78, 5) is 25.0. The van der Waals surface area contributed by atoms with Crippen molar-refractivity contribution in [3.63, 3.8) is 0 Å². The second kappa shape index (κ2) is 7.80. The Balaban J connectivity index is 1.78. The van der Waals surface area contributed by atoms with E-state index < -0.39 is 8.32 Å². The van der Waals surface area contributed by atoms with Crippen molar-refractivity contribution in [1.82, 2.24) is 5.32 Å². The Morgan fingerprint density at radius 3 is 2.50 bits per heavy atom. The standard InChI is InChI=1S/C23H31NO3Si/c1-23(2,3)28(4,5)27-21-12-13-22(26)24-19(21)15-20(25)18-11-10-16-8-6-7-9-17(16)14-18/h6-11,14,19,21H,12-13,15H2,1-5H3,(H,24,26)/t19-,21+/m0/s1. The van der Waals surface area contributed by atoms with E-state index in [9.17, 15) is 9.59 Å². The molecular weight excluding hydrogens is 366 g/mol. The van der Waals surface area contributed by atoms with Gasteiger partial charge in [-0.1, -0.05) is 57.2 Å². The van der Waals surface area contributed by atoms with Gasteiger partial charge in [-0.25, -0.2) is 0 Å². The van der Waals surface area contributed by atoms with Crippen LogP contribution in [-0.4, -0.2) is 32.2 Å². The largest absolute Gasteiger partial charge is 0.412 e.